The number of benzene rings is 1. The van der Waals surface area contributed by atoms with Gasteiger partial charge in [0.25, 0.3) is 0 Å². The third-order valence-corrected chi connectivity index (χ3v) is 1.66. The molecule has 0 N–H and O–H groups in total. The predicted octanol–water partition coefficient (Wildman–Crippen LogP) is 3.27. The molecule has 1 rings (SSSR count). The van der Waals surface area contributed by atoms with Gasteiger partial charge in [-0.3, -0.25) is 0 Å². The van der Waals surface area contributed by atoms with E-state index in [4.69, 9.17) is 21.1 Å². The van der Waals surface area contributed by atoms with Crippen molar-refractivity contribution in [2.24, 2.45) is 0 Å². The van der Waals surface area contributed by atoms with Crippen LogP contribution >= 0.6 is 11.6 Å². The van der Waals surface area contributed by atoms with Crippen LogP contribution in [0.15, 0.2) is 24.3 Å². The van der Waals surface area contributed by atoms with Crippen molar-refractivity contribution in [1.82, 2.24) is 0 Å². The van der Waals surface area contributed by atoms with Gasteiger partial charge in [0.1, 0.15) is 5.75 Å². The van der Waals surface area contributed by atoms with E-state index in [-0.39, 0.29) is 0 Å². The Bertz CT molecular complexity index is 312. The average molecular weight is 215 g/mol. The molecule has 4 heteroatoms. The molecule has 3 nitrogen and oxygen atoms in total. The van der Waals surface area contributed by atoms with E-state index < -0.39 is 6.16 Å². The van der Waals surface area contributed by atoms with Crippen LogP contribution in [-0.4, -0.2) is 12.8 Å². The van der Waals surface area contributed by atoms with Gasteiger partial charge in [0.05, 0.1) is 6.61 Å². The molecule has 0 aliphatic heterocycles. The molecule has 0 atom stereocenters. The zero-order valence-corrected chi connectivity index (χ0v) is 8.58. The van der Waals surface area contributed by atoms with Gasteiger partial charge in [-0.05, 0) is 24.6 Å². The van der Waals surface area contributed by atoms with Gasteiger partial charge in [-0.1, -0.05) is 24.6 Å². The maximum Gasteiger partial charge on any atom is 0.513 e. The molecule has 0 fully saturated rings. The molecule has 0 bridgehead atoms. The molecule has 1 aromatic rings. The smallest absolute Gasteiger partial charge is 0.434 e. The second-order valence-corrected chi connectivity index (χ2v) is 3.09. The molecule has 1 aromatic carbocycles. The summed E-state index contributed by atoms with van der Waals surface area (Å²) in [5, 5.41) is 0.519. The van der Waals surface area contributed by atoms with Gasteiger partial charge in [-0.15, -0.1) is 0 Å². The summed E-state index contributed by atoms with van der Waals surface area (Å²) in [7, 11) is 0. The molecule has 0 heterocycles. The Morgan fingerprint density at radius 1 is 1.50 bits per heavy atom. The highest BCUT2D eigenvalue weighted by Crippen LogP contribution is 2.17. The molecule has 0 spiro atoms. The SMILES string of the molecule is CCCOC(=O)Oc1cccc(Cl)c1. The van der Waals surface area contributed by atoms with Crippen LogP contribution in [-0.2, 0) is 4.74 Å². The first-order chi connectivity index (χ1) is 6.72. The summed E-state index contributed by atoms with van der Waals surface area (Å²) in [4.78, 5) is 11.0. The first kappa shape index (κ1) is 10.9. The summed E-state index contributed by atoms with van der Waals surface area (Å²) in [6.07, 6.45) is 0.0686. The Kier molecular flexibility index (Phi) is 4.26. The number of halogens is 1. The summed E-state index contributed by atoms with van der Waals surface area (Å²) in [5.74, 6) is 0.388. The van der Waals surface area contributed by atoms with Crippen molar-refractivity contribution in [2.75, 3.05) is 6.61 Å². The summed E-state index contributed by atoms with van der Waals surface area (Å²) in [6.45, 7) is 2.27. The lowest BCUT2D eigenvalue weighted by Gasteiger charge is -2.04. The summed E-state index contributed by atoms with van der Waals surface area (Å²) in [5.41, 5.74) is 0. The number of carbonyl (C=O) groups is 1. The van der Waals surface area contributed by atoms with Crippen molar-refractivity contribution < 1.29 is 14.3 Å². The minimum Gasteiger partial charge on any atom is -0.434 e. The Balaban J connectivity index is 2.47. The van der Waals surface area contributed by atoms with Crippen molar-refractivity contribution in [1.29, 1.82) is 0 Å². The van der Waals surface area contributed by atoms with Crippen LogP contribution < -0.4 is 4.74 Å². The topological polar surface area (TPSA) is 35.5 Å². The van der Waals surface area contributed by atoms with E-state index >= 15 is 0 Å². The molecule has 76 valence electrons. The minimum absolute atomic E-state index is 0.361. The molecule has 0 aliphatic rings. The predicted molar refractivity (Wildman–Crippen MR) is 53.7 cm³/mol. The number of hydrogen-bond donors (Lipinski definition) is 0. The third kappa shape index (κ3) is 3.66. The molecule has 0 saturated heterocycles. The Morgan fingerprint density at radius 3 is 2.93 bits per heavy atom. The fourth-order valence-electron chi connectivity index (χ4n) is 0.842. The molecular formula is C10H11ClO3. The van der Waals surface area contributed by atoms with Crippen LogP contribution in [0, 0.1) is 0 Å². The Hall–Kier alpha value is -1.22. The van der Waals surface area contributed by atoms with Crippen molar-refractivity contribution in [3.63, 3.8) is 0 Å². The van der Waals surface area contributed by atoms with Gasteiger partial charge in [-0.25, -0.2) is 4.79 Å². The van der Waals surface area contributed by atoms with Crippen molar-refractivity contribution in [3.05, 3.63) is 29.3 Å². The largest absolute Gasteiger partial charge is 0.513 e. The lowest BCUT2D eigenvalue weighted by molar-refractivity contribution is 0.0992. The lowest BCUT2D eigenvalue weighted by Crippen LogP contribution is -2.10. The summed E-state index contributed by atoms with van der Waals surface area (Å²) < 4.78 is 9.58. The first-order valence-corrected chi connectivity index (χ1v) is 4.70. The Morgan fingerprint density at radius 2 is 2.29 bits per heavy atom. The number of rotatable bonds is 3. The van der Waals surface area contributed by atoms with Crippen LogP contribution in [0.2, 0.25) is 5.02 Å². The lowest BCUT2D eigenvalue weighted by atomic mass is 10.3. The average Bonchev–Trinajstić information content (AvgIpc) is 2.15. The fourth-order valence-corrected chi connectivity index (χ4v) is 1.02. The molecule has 0 aromatic heterocycles. The zero-order chi connectivity index (χ0) is 10.4. The van der Waals surface area contributed by atoms with Crippen LogP contribution in [0.1, 0.15) is 13.3 Å². The maximum atomic E-state index is 11.0. The van der Waals surface area contributed by atoms with Crippen LogP contribution in [0.5, 0.6) is 5.75 Å². The van der Waals surface area contributed by atoms with E-state index in [0.717, 1.165) is 6.42 Å². The number of carbonyl (C=O) groups excluding carboxylic acids is 1. The van der Waals surface area contributed by atoms with E-state index in [9.17, 15) is 4.79 Å². The van der Waals surface area contributed by atoms with Gasteiger partial charge in [-0.2, -0.15) is 0 Å². The van der Waals surface area contributed by atoms with Crippen molar-refractivity contribution in [2.45, 2.75) is 13.3 Å². The highest BCUT2D eigenvalue weighted by Gasteiger charge is 2.04. The van der Waals surface area contributed by atoms with E-state index in [1.807, 2.05) is 6.92 Å². The first-order valence-electron chi connectivity index (χ1n) is 4.32. The van der Waals surface area contributed by atoms with Crippen LogP contribution in [0.4, 0.5) is 4.79 Å². The molecule has 0 radical (unpaired) electrons. The second-order valence-electron chi connectivity index (χ2n) is 2.66. The Labute approximate surface area is 87.6 Å². The highest BCUT2D eigenvalue weighted by molar-refractivity contribution is 6.30. The van der Waals surface area contributed by atoms with E-state index in [1.165, 1.54) is 0 Å². The van der Waals surface area contributed by atoms with Gasteiger partial charge >= 0.3 is 6.16 Å². The highest BCUT2D eigenvalue weighted by atomic mass is 35.5. The maximum absolute atomic E-state index is 11.0. The van der Waals surface area contributed by atoms with Crippen LogP contribution in [0.25, 0.3) is 0 Å². The third-order valence-electron chi connectivity index (χ3n) is 1.42. The summed E-state index contributed by atoms with van der Waals surface area (Å²) >= 11 is 5.70. The number of ether oxygens (including phenoxy) is 2. The molecule has 14 heavy (non-hydrogen) atoms. The van der Waals surface area contributed by atoms with E-state index in [1.54, 1.807) is 24.3 Å². The molecule has 0 amide bonds. The fraction of sp³-hybridized carbons (Fsp3) is 0.300. The van der Waals surface area contributed by atoms with Crippen molar-refractivity contribution in [3.8, 4) is 5.75 Å². The van der Waals surface area contributed by atoms with Gasteiger partial charge in [0.2, 0.25) is 0 Å². The minimum atomic E-state index is -0.700. The molecule has 0 aliphatic carbocycles. The summed E-state index contributed by atoms with van der Waals surface area (Å²) in [6, 6.07) is 6.59. The quantitative estimate of drug-likeness (QED) is 0.572. The van der Waals surface area contributed by atoms with Gasteiger partial charge < -0.3 is 9.47 Å². The molecule has 0 unspecified atom stereocenters. The second kappa shape index (κ2) is 5.50. The normalized spacial score (nSPS) is 9.57. The standard InChI is InChI=1S/C10H11ClO3/c1-2-6-13-10(12)14-9-5-3-4-8(11)7-9/h3-5,7H,2,6H2,1H3. The van der Waals surface area contributed by atoms with E-state index in [0.29, 0.717) is 17.4 Å². The zero-order valence-electron chi connectivity index (χ0n) is 7.83. The molecular weight excluding hydrogens is 204 g/mol. The van der Waals surface area contributed by atoms with Crippen LogP contribution in [0.3, 0.4) is 0 Å². The van der Waals surface area contributed by atoms with Gasteiger partial charge in [0, 0.05) is 5.02 Å². The molecule has 0 saturated carbocycles. The number of hydrogen-bond acceptors (Lipinski definition) is 3. The van der Waals surface area contributed by atoms with Crippen molar-refractivity contribution >= 4 is 17.8 Å². The van der Waals surface area contributed by atoms with Gasteiger partial charge in [0.15, 0.2) is 0 Å². The monoisotopic (exact) mass is 214 g/mol. The van der Waals surface area contributed by atoms with E-state index in [2.05, 4.69) is 0 Å².